The van der Waals surface area contributed by atoms with Crippen LogP contribution in [-0.2, 0) is 9.53 Å². The molecule has 0 saturated carbocycles. The molecule has 0 aliphatic carbocycles. The summed E-state index contributed by atoms with van der Waals surface area (Å²) in [5.41, 5.74) is -0.141. The van der Waals surface area contributed by atoms with E-state index in [-0.39, 0.29) is 18.1 Å². The van der Waals surface area contributed by atoms with Gasteiger partial charge in [0.2, 0.25) is 5.91 Å². The molecule has 1 amide bonds. The van der Waals surface area contributed by atoms with E-state index in [9.17, 15) is 4.79 Å². The van der Waals surface area contributed by atoms with Gasteiger partial charge in [-0.15, -0.1) is 0 Å². The highest BCUT2D eigenvalue weighted by Crippen LogP contribution is 2.19. The van der Waals surface area contributed by atoms with E-state index in [4.69, 9.17) is 4.74 Å². The second-order valence-electron chi connectivity index (χ2n) is 6.71. The first-order valence-electron chi connectivity index (χ1n) is 7.76. The van der Waals surface area contributed by atoms with Gasteiger partial charge in [-0.1, -0.05) is 0 Å². The maximum absolute atomic E-state index is 12.2. The Morgan fingerprint density at radius 1 is 1.40 bits per heavy atom. The highest BCUT2D eigenvalue weighted by Gasteiger charge is 2.34. The number of nitrogens with one attached hydrogen (secondary N) is 1. The zero-order chi connectivity index (χ0) is 14.8. The number of hydrogen-bond acceptors (Lipinski definition) is 4. The van der Waals surface area contributed by atoms with Crippen molar-refractivity contribution < 1.29 is 9.53 Å². The lowest BCUT2D eigenvalue weighted by Crippen LogP contribution is -2.60. The van der Waals surface area contributed by atoms with Crippen molar-refractivity contribution >= 4 is 5.91 Å². The molecule has 2 aliphatic rings. The van der Waals surface area contributed by atoms with E-state index < -0.39 is 0 Å². The number of ether oxygens (including phenoxy) is 1. The Bertz CT molecular complexity index is 334. The lowest BCUT2D eigenvalue weighted by atomic mass is 10.00. The highest BCUT2D eigenvalue weighted by molar-refractivity contribution is 5.77. The third-order valence-electron chi connectivity index (χ3n) is 4.71. The molecular weight excluding hydrogens is 254 g/mol. The van der Waals surface area contributed by atoms with Crippen LogP contribution in [0.2, 0.25) is 0 Å². The fourth-order valence-electron chi connectivity index (χ4n) is 2.91. The van der Waals surface area contributed by atoms with Crippen LogP contribution in [0, 0.1) is 0 Å². The molecule has 2 rings (SSSR count). The van der Waals surface area contributed by atoms with E-state index in [0.717, 1.165) is 39.0 Å². The van der Waals surface area contributed by atoms with Crippen LogP contribution in [0.25, 0.3) is 0 Å². The first kappa shape index (κ1) is 15.7. The molecule has 0 unspecified atom stereocenters. The number of amides is 1. The minimum Gasteiger partial charge on any atom is -0.363 e. The monoisotopic (exact) mass is 283 g/mol. The Labute approximate surface area is 122 Å². The summed E-state index contributed by atoms with van der Waals surface area (Å²) in [6, 6.07) is 0.972. The quantitative estimate of drug-likeness (QED) is 0.806. The molecule has 5 heteroatoms. The second kappa shape index (κ2) is 6.41. The molecule has 0 aromatic carbocycles. The SMILES string of the molecule is CC(C)N1CCC(N(C)C(=O)COC2(C)CNC2)CC1. The molecule has 2 saturated heterocycles. The molecule has 0 aromatic rings. The standard InChI is InChI=1S/C15H29N3O2/c1-12(2)18-7-5-13(6-8-18)17(4)14(19)9-20-15(3)10-16-11-15/h12-13,16H,5-11H2,1-4H3. The van der Waals surface area contributed by atoms with Crippen molar-refractivity contribution in [1.82, 2.24) is 15.1 Å². The molecule has 2 fully saturated rings. The molecule has 2 heterocycles. The largest absolute Gasteiger partial charge is 0.363 e. The van der Waals surface area contributed by atoms with Gasteiger partial charge in [0.15, 0.2) is 0 Å². The summed E-state index contributed by atoms with van der Waals surface area (Å²) in [7, 11) is 1.92. The van der Waals surface area contributed by atoms with E-state index in [2.05, 4.69) is 31.0 Å². The van der Waals surface area contributed by atoms with E-state index >= 15 is 0 Å². The number of hydrogen-bond donors (Lipinski definition) is 1. The Morgan fingerprint density at radius 3 is 2.45 bits per heavy atom. The second-order valence-corrected chi connectivity index (χ2v) is 6.71. The van der Waals surface area contributed by atoms with Gasteiger partial charge in [0, 0.05) is 45.3 Å². The Kier molecular flexibility index (Phi) is 5.04. The topological polar surface area (TPSA) is 44.8 Å². The van der Waals surface area contributed by atoms with Crippen LogP contribution in [0.4, 0.5) is 0 Å². The van der Waals surface area contributed by atoms with E-state index in [1.807, 2.05) is 11.9 Å². The number of piperidine rings is 1. The molecule has 0 atom stereocenters. The van der Waals surface area contributed by atoms with Gasteiger partial charge in [0.25, 0.3) is 0 Å². The van der Waals surface area contributed by atoms with Crippen molar-refractivity contribution in [3.63, 3.8) is 0 Å². The number of nitrogens with zero attached hydrogens (tertiary/aromatic N) is 2. The van der Waals surface area contributed by atoms with Crippen LogP contribution in [0.5, 0.6) is 0 Å². The van der Waals surface area contributed by atoms with Crippen molar-refractivity contribution in [3.8, 4) is 0 Å². The molecule has 0 bridgehead atoms. The number of rotatable bonds is 5. The third-order valence-corrected chi connectivity index (χ3v) is 4.71. The zero-order valence-corrected chi connectivity index (χ0v) is 13.3. The maximum Gasteiger partial charge on any atom is 0.248 e. The molecule has 116 valence electrons. The van der Waals surface area contributed by atoms with Gasteiger partial charge in [0.05, 0.1) is 5.60 Å². The third kappa shape index (κ3) is 3.71. The maximum atomic E-state index is 12.2. The number of likely N-dealkylation sites (N-methyl/N-ethyl adjacent to an activating group) is 1. The van der Waals surface area contributed by atoms with E-state index in [0.29, 0.717) is 12.1 Å². The molecule has 5 nitrogen and oxygen atoms in total. The average molecular weight is 283 g/mol. The van der Waals surface area contributed by atoms with Gasteiger partial charge in [-0.3, -0.25) is 4.79 Å². The smallest absolute Gasteiger partial charge is 0.248 e. The van der Waals surface area contributed by atoms with Crippen LogP contribution in [0.3, 0.4) is 0 Å². The predicted octanol–water partition coefficient (Wildman–Crippen LogP) is 0.696. The van der Waals surface area contributed by atoms with Crippen LogP contribution >= 0.6 is 0 Å². The Morgan fingerprint density at radius 2 is 2.00 bits per heavy atom. The van der Waals surface area contributed by atoms with Crippen LogP contribution < -0.4 is 5.32 Å². The summed E-state index contributed by atoms with van der Waals surface area (Å²) in [6.07, 6.45) is 2.14. The first-order chi connectivity index (χ1) is 9.41. The van der Waals surface area contributed by atoms with Gasteiger partial charge in [-0.25, -0.2) is 0 Å². The normalized spacial score (nSPS) is 23.6. The number of likely N-dealkylation sites (tertiary alicyclic amines) is 1. The van der Waals surface area contributed by atoms with Crippen molar-refractivity contribution in [2.24, 2.45) is 0 Å². The van der Waals surface area contributed by atoms with Gasteiger partial charge in [-0.05, 0) is 33.6 Å². The molecule has 1 N–H and O–H groups in total. The predicted molar refractivity (Wildman–Crippen MR) is 79.7 cm³/mol. The fraction of sp³-hybridized carbons (Fsp3) is 0.933. The van der Waals surface area contributed by atoms with Crippen molar-refractivity contribution in [3.05, 3.63) is 0 Å². The lowest BCUT2D eigenvalue weighted by Gasteiger charge is -2.41. The lowest BCUT2D eigenvalue weighted by molar-refractivity contribution is -0.147. The summed E-state index contributed by atoms with van der Waals surface area (Å²) in [5, 5.41) is 3.18. The van der Waals surface area contributed by atoms with Crippen LogP contribution in [-0.4, -0.2) is 73.2 Å². The fourth-order valence-corrected chi connectivity index (χ4v) is 2.91. The molecule has 0 aromatic heterocycles. The van der Waals surface area contributed by atoms with Gasteiger partial charge in [0.1, 0.15) is 6.61 Å². The zero-order valence-electron chi connectivity index (χ0n) is 13.3. The average Bonchev–Trinajstić information content (AvgIpc) is 2.42. The van der Waals surface area contributed by atoms with E-state index in [1.165, 1.54) is 0 Å². The molecule has 0 radical (unpaired) electrons. The molecule has 20 heavy (non-hydrogen) atoms. The highest BCUT2D eigenvalue weighted by atomic mass is 16.5. The van der Waals surface area contributed by atoms with E-state index in [1.54, 1.807) is 0 Å². The first-order valence-corrected chi connectivity index (χ1v) is 7.76. The minimum absolute atomic E-state index is 0.112. The molecular formula is C15H29N3O2. The van der Waals surface area contributed by atoms with Gasteiger partial charge >= 0.3 is 0 Å². The summed E-state index contributed by atoms with van der Waals surface area (Å²) >= 11 is 0. The van der Waals surface area contributed by atoms with Gasteiger partial charge in [-0.2, -0.15) is 0 Å². The van der Waals surface area contributed by atoms with Crippen molar-refractivity contribution in [2.45, 2.75) is 51.3 Å². The Hall–Kier alpha value is -0.650. The van der Waals surface area contributed by atoms with Gasteiger partial charge < -0.3 is 19.9 Å². The summed E-state index contributed by atoms with van der Waals surface area (Å²) in [6.45, 7) is 10.6. The van der Waals surface area contributed by atoms with Crippen LogP contribution in [0.1, 0.15) is 33.6 Å². The Balaban J connectivity index is 1.73. The number of carbonyl (C=O) groups is 1. The number of carbonyl (C=O) groups excluding carboxylic acids is 1. The summed E-state index contributed by atoms with van der Waals surface area (Å²) < 4.78 is 5.73. The molecule has 0 spiro atoms. The van der Waals surface area contributed by atoms with Crippen molar-refractivity contribution in [2.75, 3.05) is 39.8 Å². The minimum atomic E-state index is -0.141. The van der Waals surface area contributed by atoms with Crippen LogP contribution in [0.15, 0.2) is 0 Å². The summed E-state index contributed by atoms with van der Waals surface area (Å²) in [5.74, 6) is 0.112. The summed E-state index contributed by atoms with van der Waals surface area (Å²) in [4.78, 5) is 16.6. The van der Waals surface area contributed by atoms with Crippen molar-refractivity contribution in [1.29, 1.82) is 0 Å². The molecule has 2 aliphatic heterocycles.